The first-order chi connectivity index (χ1) is 5.43. The molecule has 0 aromatic rings. The van der Waals surface area contributed by atoms with Crippen LogP contribution in [0.1, 0.15) is 27.7 Å². The van der Waals surface area contributed by atoms with Crippen LogP contribution in [0.3, 0.4) is 0 Å². The second-order valence-electron chi connectivity index (χ2n) is 3.85. The van der Waals surface area contributed by atoms with Crippen LogP contribution in [0.15, 0.2) is 0 Å². The van der Waals surface area contributed by atoms with Crippen LogP contribution >= 0.6 is 0 Å². The van der Waals surface area contributed by atoms with E-state index in [-0.39, 0.29) is 11.3 Å². The van der Waals surface area contributed by atoms with Crippen molar-refractivity contribution in [3.05, 3.63) is 6.42 Å². The second-order valence-corrected chi connectivity index (χ2v) is 3.85. The van der Waals surface area contributed by atoms with Gasteiger partial charge in [-0.3, -0.25) is 0 Å². The van der Waals surface area contributed by atoms with Crippen LogP contribution in [0.25, 0.3) is 0 Å². The molecule has 0 saturated carbocycles. The van der Waals surface area contributed by atoms with E-state index < -0.39 is 0 Å². The Morgan fingerprint density at radius 3 is 2.08 bits per heavy atom. The van der Waals surface area contributed by atoms with Gasteiger partial charge in [0.05, 0.1) is 0 Å². The van der Waals surface area contributed by atoms with Crippen molar-refractivity contribution in [1.82, 2.24) is 0 Å². The molecule has 0 heteroatoms. The van der Waals surface area contributed by atoms with Gasteiger partial charge >= 0.3 is 0 Å². The Balaban J connectivity index is 4.13. The molecule has 0 aliphatic rings. The van der Waals surface area contributed by atoms with Gasteiger partial charge in [-0.25, -0.2) is 0 Å². The van der Waals surface area contributed by atoms with Crippen LogP contribution in [0.5, 0.6) is 0 Å². The Bertz CT molecular complexity index is 209. The highest BCUT2D eigenvalue weighted by Crippen LogP contribution is 2.26. The zero-order valence-corrected chi connectivity index (χ0v) is 8.39. The van der Waals surface area contributed by atoms with Crippen molar-refractivity contribution < 1.29 is 0 Å². The molecule has 65 valence electrons. The molecule has 0 nitrogen and oxygen atoms in total. The van der Waals surface area contributed by atoms with E-state index in [4.69, 9.17) is 12.8 Å². The van der Waals surface area contributed by atoms with E-state index in [0.717, 1.165) is 0 Å². The second kappa shape index (κ2) is 4.22. The maximum atomic E-state index is 5.36. The molecule has 1 radical (unpaired) electrons. The topological polar surface area (TPSA) is 0 Å². The molecule has 0 saturated heterocycles. The smallest absolute Gasteiger partial charge is 0.0290 e. The predicted octanol–water partition coefficient (Wildman–Crippen LogP) is 2.76. The van der Waals surface area contributed by atoms with E-state index in [2.05, 4.69) is 25.2 Å². The summed E-state index contributed by atoms with van der Waals surface area (Å²) < 4.78 is 0. The van der Waals surface area contributed by atoms with Crippen LogP contribution in [0.2, 0.25) is 0 Å². The van der Waals surface area contributed by atoms with Crippen molar-refractivity contribution in [2.24, 2.45) is 17.3 Å². The largest absolute Gasteiger partial charge is 0.120 e. The molecule has 0 amide bonds. The minimum absolute atomic E-state index is 0.148. The van der Waals surface area contributed by atoms with Gasteiger partial charge in [0.15, 0.2) is 0 Å². The highest BCUT2D eigenvalue weighted by atomic mass is 14.2. The Morgan fingerprint density at radius 2 is 1.75 bits per heavy atom. The van der Waals surface area contributed by atoms with E-state index in [1.807, 2.05) is 20.8 Å². The highest BCUT2D eigenvalue weighted by molar-refractivity contribution is 5.11. The molecule has 0 bridgehead atoms. The van der Waals surface area contributed by atoms with E-state index in [9.17, 15) is 0 Å². The average Bonchev–Trinajstić information content (AvgIpc) is 2.02. The van der Waals surface area contributed by atoms with Gasteiger partial charge in [-0.15, -0.1) is 24.7 Å². The maximum absolute atomic E-state index is 5.36. The number of hydrogen-bond donors (Lipinski definition) is 0. The van der Waals surface area contributed by atoms with Gasteiger partial charge in [0.1, 0.15) is 0 Å². The molecule has 2 unspecified atom stereocenters. The zero-order chi connectivity index (χ0) is 9.78. The van der Waals surface area contributed by atoms with E-state index in [1.165, 1.54) is 0 Å². The SMILES string of the molecule is C#CC(C)C(C)[CH]C(C)(C)C#C. The fourth-order valence-electron chi connectivity index (χ4n) is 1.00. The van der Waals surface area contributed by atoms with Gasteiger partial charge in [0, 0.05) is 11.3 Å². The third kappa shape index (κ3) is 3.49. The monoisotopic (exact) mass is 161 g/mol. The average molecular weight is 161 g/mol. The first-order valence-corrected chi connectivity index (χ1v) is 4.23. The fourth-order valence-corrected chi connectivity index (χ4v) is 1.00. The fraction of sp³-hybridized carbons (Fsp3) is 0.583. The molecular formula is C12H17. The normalized spacial score (nSPS) is 15.8. The third-order valence-corrected chi connectivity index (χ3v) is 2.10. The molecule has 0 rings (SSSR count). The Morgan fingerprint density at radius 1 is 1.25 bits per heavy atom. The molecule has 2 atom stereocenters. The molecule has 0 spiro atoms. The first-order valence-electron chi connectivity index (χ1n) is 4.23. The van der Waals surface area contributed by atoms with Crippen LogP contribution in [0, 0.1) is 48.4 Å². The highest BCUT2D eigenvalue weighted by Gasteiger charge is 2.21. The van der Waals surface area contributed by atoms with Crippen LogP contribution in [-0.2, 0) is 0 Å². The van der Waals surface area contributed by atoms with E-state index in [0.29, 0.717) is 5.92 Å². The minimum Gasteiger partial charge on any atom is -0.120 e. The summed E-state index contributed by atoms with van der Waals surface area (Å²) in [6.07, 6.45) is 12.8. The molecule has 0 aliphatic heterocycles. The Labute approximate surface area is 76.8 Å². The molecule has 0 aromatic heterocycles. The van der Waals surface area contributed by atoms with Crippen LogP contribution in [-0.4, -0.2) is 0 Å². The summed E-state index contributed by atoms with van der Waals surface area (Å²) in [5.74, 6) is 6.08. The lowest BCUT2D eigenvalue weighted by atomic mass is 9.80. The summed E-state index contributed by atoms with van der Waals surface area (Å²) in [5.41, 5.74) is -0.148. The van der Waals surface area contributed by atoms with E-state index >= 15 is 0 Å². The lowest BCUT2D eigenvalue weighted by molar-refractivity contribution is 0.436. The zero-order valence-electron chi connectivity index (χ0n) is 8.39. The minimum atomic E-state index is -0.148. The Hall–Kier alpha value is -0.880. The first kappa shape index (κ1) is 11.1. The van der Waals surface area contributed by atoms with Crippen molar-refractivity contribution in [1.29, 1.82) is 0 Å². The number of hydrogen-bond acceptors (Lipinski definition) is 0. The van der Waals surface area contributed by atoms with Gasteiger partial charge < -0.3 is 0 Å². The Kier molecular flexibility index (Phi) is 3.91. The summed E-state index contributed by atoms with van der Waals surface area (Å²) in [6, 6.07) is 0. The van der Waals surface area contributed by atoms with Crippen molar-refractivity contribution in [2.45, 2.75) is 27.7 Å². The lowest BCUT2D eigenvalue weighted by Crippen LogP contribution is -2.18. The predicted molar refractivity (Wildman–Crippen MR) is 54.1 cm³/mol. The molecule has 0 heterocycles. The molecule has 0 aliphatic carbocycles. The maximum Gasteiger partial charge on any atom is 0.0290 e. The molecule has 0 N–H and O–H groups in total. The van der Waals surface area contributed by atoms with Crippen molar-refractivity contribution in [3.63, 3.8) is 0 Å². The van der Waals surface area contributed by atoms with Gasteiger partial charge in [-0.1, -0.05) is 13.8 Å². The van der Waals surface area contributed by atoms with Gasteiger partial charge in [-0.05, 0) is 26.2 Å². The summed E-state index contributed by atoms with van der Waals surface area (Å²) >= 11 is 0. The summed E-state index contributed by atoms with van der Waals surface area (Å²) in [6.45, 7) is 8.18. The standard InChI is InChI=1S/C12H17/c1-7-10(3)11(4)9-12(5,6)8-2/h1-2,9-11H,3-6H3. The van der Waals surface area contributed by atoms with Crippen LogP contribution < -0.4 is 0 Å². The van der Waals surface area contributed by atoms with Crippen LogP contribution in [0.4, 0.5) is 0 Å². The van der Waals surface area contributed by atoms with Gasteiger partial charge in [0.2, 0.25) is 0 Å². The number of rotatable bonds is 3. The van der Waals surface area contributed by atoms with Gasteiger partial charge in [-0.2, -0.15) is 0 Å². The van der Waals surface area contributed by atoms with Crippen molar-refractivity contribution >= 4 is 0 Å². The lowest BCUT2D eigenvalue weighted by Gasteiger charge is -2.23. The molecule has 12 heavy (non-hydrogen) atoms. The third-order valence-electron chi connectivity index (χ3n) is 2.10. The van der Waals surface area contributed by atoms with Crippen molar-refractivity contribution in [2.75, 3.05) is 0 Å². The quantitative estimate of drug-likeness (QED) is 0.558. The summed E-state index contributed by atoms with van der Waals surface area (Å²) in [5, 5.41) is 0. The van der Waals surface area contributed by atoms with Crippen molar-refractivity contribution in [3.8, 4) is 24.7 Å². The summed E-state index contributed by atoms with van der Waals surface area (Å²) in [4.78, 5) is 0. The summed E-state index contributed by atoms with van der Waals surface area (Å²) in [7, 11) is 0. The molecular weight excluding hydrogens is 144 g/mol. The van der Waals surface area contributed by atoms with Gasteiger partial charge in [0.25, 0.3) is 0 Å². The molecule has 0 fully saturated rings. The number of terminal acetylenes is 2. The molecule has 0 aromatic carbocycles. The van der Waals surface area contributed by atoms with E-state index in [1.54, 1.807) is 0 Å².